The maximum atomic E-state index is 13.3. The summed E-state index contributed by atoms with van der Waals surface area (Å²) in [5.74, 6) is -5.34. The van der Waals surface area contributed by atoms with Crippen LogP contribution in [0.25, 0.3) is 0 Å². The molecule has 12 nitrogen and oxygen atoms in total. The predicted molar refractivity (Wildman–Crippen MR) is 136 cm³/mol. The highest BCUT2D eigenvalue weighted by Crippen LogP contribution is 2.11. The molecule has 3 amide bonds. The summed E-state index contributed by atoms with van der Waals surface area (Å²) in [4.78, 5) is 61.4. The average Bonchev–Trinajstić information content (AvgIpc) is 2.86. The topological polar surface area (TPSA) is 214 Å². The number of carbonyl (C=O) groups is 5. The molecule has 0 aliphatic rings. The minimum atomic E-state index is -1.67. The van der Waals surface area contributed by atoms with Crippen molar-refractivity contribution in [3.63, 3.8) is 0 Å². The van der Waals surface area contributed by atoms with Crippen LogP contribution < -0.4 is 27.4 Å². The number of nitrogens with one attached hydrogen (secondary N) is 3. The van der Waals surface area contributed by atoms with E-state index in [0.717, 1.165) is 5.56 Å². The third-order valence-corrected chi connectivity index (χ3v) is 6.01. The zero-order valence-corrected chi connectivity index (χ0v) is 21.3. The highest BCUT2D eigenvalue weighted by molar-refractivity contribution is 5.94. The molecular formula is C25H39N5O7. The van der Waals surface area contributed by atoms with Crippen molar-refractivity contribution in [3.05, 3.63) is 35.9 Å². The van der Waals surface area contributed by atoms with Crippen molar-refractivity contribution in [2.24, 2.45) is 17.4 Å². The second kappa shape index (κ2) is 16.3. The third-order valence-electron chi connectivity index (χ3n) is 6.01. The van der Waals surface area contributed by atoms with Crippen LogP contribution in [0, 0.1) is 5.92 Å². The second-order valence-corrected chi connectivity index (χ2v) is 9.01. The SMILES string of the molecule is CCC(C)C(NC(=O)C(Cc1ccccc1)NC(=O)C(N)CCCCN)C(=O)NC(CC(=O)O)C(=O)O. The summed E-state index contributed by atoms with van der Waals surface area (Å²) < 4.78 is 0. The number of carboxylic acids is 2. The van der Waals surface area contributed by atoms with Gasteiger partial charge in [-0.3, -0.25) is 19.2 Å². The van der Waals surface area contributed by atoms with E-state index in [2.05, 4.69) is 16.0 Å². The molecule has 0 fully saturated rings. The van der Waals surface area contributed by atoms with Crippen LogP contribution in [0.2, 0.25) is 0 Å². The summed E-state index contributed by atoms with van der Waals surface area (Å²) in [6.45, 7) is 3.95. The molecule has 0 heterocycles. The molecule has 37 heavy (non-hydrogen) atoms. The number of carbonyl (C=O) groups excluding carboxylic acids is 3. The van der Waals surface area contributed by atoms with Gasteiger partial charge < -0.3 is 37.6 Å². The third kappa shape index (κ3) is 11.4. The lowest BCUT2D eigenvalue weighted by Crippen LogP contribution is -2.59. The van der Waals surface area contributed by atoms with Crippen molar-refractivity contribution < 1.29 is 34.2 Å². The number of benzene rings is 1. The van der Waals surface area contributed by atoms with E-state index in [1.165, 1.54) is 0 Å². The van der Waals surface area contributed by atoms with Crippen LogP contribution in [-0.4, -0.2) is 70.6 Å². The Kier molecular flexibility index (Phi) is 13.9. The molecule has 0 saturated carbocycles. The van der Waals surface area contributed by atoms with E-state index >= 15 is 0 Å². The quantitative estimate of drug-likeness (QED) is 0.134. The minimum Gasteiger partial charge on any atom is -0.481 e. The van der Waals surface area contributed by atoms with Crippen LogP contribution >= 0.6 is 0 Å². The molecular weight excluding hydrogens is 482 g/mol. The number of aliphatic carboxylic acids is 2. The van der Waals surface area contributed by atoms with Gasteiger partial charge in [-0.25, -0.2) is 4.79 Å². The van der Waals surface area contributed by atoms with Gasteiger partial charge in [0.25, 0.3) is 0 Å². The number of hydrogen-bond donors (Lipinski definition) is 7. The van der Waals surface area contributed by atoms with Gasteiger partial charge in [0.05, 0.1) is 12.5 Å². The van der Waals surface area contributed by atoms with Gasteiger partial charge in [-0.1, -0.05) is 57.0 Å². The Morgan fingerprint density at radius 1 is 0.892 bits per heavy atom. The molecule has 5 atom stereocenters. The van der Waals surface area contributed by atoms with Crippen molar-refractivity contribution in [2.45, 2.75) is 76.5 Å². The number of amides is 3. The second-order valence-electron chi connectivity index (χ2n) is 9.01. The monoisotopic (exact) mass is 521 g/mol. The number of rotatable bonds is 17. The molecule has 0 saturated heterocycles. The molecule has 1 aromatic rings. The fraction of sp³-hybridized carbons (Fsp3) is 0.560. The highest BCUT2D eigenvalue weighted by atomic mass is 16.4. The van der Waals surface area contributed by atoms with Crippen LogP contribution in [-0.2, 0) is 30.4 Å². The van der Waals surface area contributed by atoms with Crippen molar-refractivity contribution in [2.75, 3.05) is 6.54 Å². The molecule has 0 bridgehead atoms. The summed E-state index contributed by atoms with van der Waals surface area (Å²) in [5.41, 5.74) is 12.2. The number of hydrogen-bond acceptors (Lipinski definition) is 7. The van der Waals surface area contributed by atoms with Crippen LogP contribution in [0.1, 0.15) is 51.5 Å². The van der Waals surface area contributed by atoms with Gasteiger partial charge in [0, 0.05) is 6.42 Å². The van der Waals surface area contributed by atoms with E-state index in [1.54, 1.807) is 38.1 Å². The lowest BCUT2D eigenvalue weighted by Gasteiger charge is -2.28. The van der Waals surface area contributed by atoms with Gasteiger partial charge in [-0.15, -0.1) is 0 Å². The van der Waals surface area contributed by atoms with Crippen molar-refractivity contribution in [1.29, 1.82) is 0 Å². The van der Waals surface area contributed by atoms with Crippen LogP contribution in [0.5, 0.6) is 0 Å². The standard InChI is InChI=1S/C25H39N5O7/c1-3-15(2)21(24(35)29-19(25(36)37)14-20(31)32)30-23(34)18(13-16-9-5-4-6-10-16)28-22(33)17(27)11-7-8-12-26/h4-6,9-10,15,17-19,21H,3,7-8,11-14,26-27H2,1-2H3,(H,28,33)(H,29,35)(H,30,34)(H,31,32)(H,36,37). The molecule has 0 aliphatic heterocycles. The molecule has 0 spiro atoms. The molecule has 0 aliphatic carbocycles. The van der Waals surface area contributed by atoms with Crippen LogP contribution in [0.4, 0.5) is 0 Å². The predicted octanol–water partition coefficient (Wildman–Crippen LogP) is -0.255. The Bertz CT molecular complexity index is 912. The molecule has 1 rings (SSSR count). The summed E-state index contributed by atoms with van der Waals surface area (Å²) in [6, 6.07) is 4.21. The normalized spacial score (nSPS) is 14.9. The first-order valence-electron chi connectivity index (χ1n) is 12.3. The summed E-state index contributed by atoms with van der Waals surface area (Å²) in [5, 5.41) is 25.7. The van der Waals surface area contributed by atoms with E-state index in [4.69, 9.17) is 16.6 Å². The van der Waals surface area contributed by atoms with Gasteiger partial charge in [-0.2, -0.15) is 0 Å². The fourth-order valence-electron chi connectivity index (χ4n) is 3.57. The van der Waals surface area contributed by atoms with Crippen LogP contribution in [0.15, 0.2) is 30.3 Å². The van der Waals surface area contributed by atoms with Crippen molar-refractivity contribution in [3.8, 4) is 0 Å². The van der Waals surface area contributed by atoms with E-state index in [1.807, 2.05) is 6.07 Å². The molecule has 12 heteroatoms. The van der Waals surface area contributed by atoms with Crippen molar-refractivity contribution >= 4 is 29.7 Å². The van der Waals surface area contributed by atoms with Gasteiger partial charge in [0.2, 0.25) is 17.7 Å². The lowest BCUT2D eigenvalue weighted by atomic mass is 9.96. The van der Waals surface area contributed by atoms with Gasteiger partial charge >= 0.3 is 11.9 Å². The molecule has 1 aromatic carbocycles. The molecule has 5 unspecified atom stereocenters. The highest BCUT2D eigenvalue weighted by Gasteiger charge is 2.33. The Morgan fingerprint density at radius 2 is 1.51 bits per heavy atom. The molecule has 9 N–H and O–H groups in total. The average molecular weight is 522 g/mol. The van der Waals surface area contributed by atoms with Gasteiger partial charge in [-0.05, 0) is 30.9 Å². The first kappa shape index (κ1) is 31.5. The lowest BCUT2D eigenvalue weighted by molar-refractivity contribution is -0.147. The summed E-state index contributed by atoms with van der Waals surface area (Å²) >= 11 is 0. The largest absolute Gasteiger partial charge is 0.481 e. The fourth-order valence-corrected chi connectivity index (χ4v) is 3.57. The van der Waals surface area contributed by atoms with Crippen molar-refractivity contribution in [1.82, 2.24) is 16.0 Å². The minimum absolute atomic E-state index is 0.125. The maximum Gasteiger partial charge on any atom is 0.326 e. The Labute approximate surface area is 216 Å². The Hall–Kier alpha value is -3.51. The number of nitrogens with two attached hydrogens (primary N) is 2. The Balaban J connectivity index is 3.09. The van der Waals surface area contributed by atoms with E-state index in [0.29, 0.717) is 32.2 Å². The first-order chi connectivity index (χ1) is 17.5. The first-order valence-corrected chi connectivity index (χ1v) is 12.3. The molecule has 206 valence electrons. The van der Waals surface area contributed by atoms with Gasteiger partial charge in [0.1, 0.15) is 18.1 Å². The van der Waals surface area contributed by atoms with E-state index < -0.39 is 66.2 Å². The number of carboxylic acid groups (broad SMARTS) is 2. The maximum absolute atomic E-state index is 13.3. The molecule has 0 aromatic heterocycles. The summed E-state index contributed by atoms with van der Waals surface area (Å²) in [6.07, 6.45) is 1.51. The summed E-state index contributed by atoms with van der Waals surface area (Å²) in [7, 11) is 0. The van der Waals surface area contributed by atoms with E-state index in [9.17, 15) is 29.1 Å². The Morgan fingerprint density at radius 3 is 2.05 bits per heavy atom. The zero-order chi connectivity index (χ0) is 28.0. The molecule has 0 radical (unpaired) electrons. The number of unbranched alkanes of at least 4 members (excludes halogenated alkanes) is 1. The van der Waals surface area contributed by atoms with Gasteiger partial charge in [0.15, 0.2) is 0 Å². The smallest absolute Gasteiger partial charge is 0.326 e. The van der Waals surface area contributed by atoms with Crippen LogP contribution in [0.3, 0.4) is 0 Å². The zero-order valence-electron chi connectivity index (χ0n) is 21.3. The van der Waals surface area contributed by atoms with E-state index in [-0.39, 0.29) is 6.42 Å².